The van der Waals surface area contributed by atoms with E-state index in [9.17, 15) is 18.0 Å². The zero-order chi connectivity index (χ0) is 24.3. The highest BCUT2D eigenvalue weighted by Gasteiger charge is 2.31. The summed E-state index contributed by atoms with van der Waals surface area (Å²) in [5, 5.41) is 3.65. The van der Waals surface area contributed by atoms with Gasteiger partial charge in [-0.05, 0) is 43.3 Å². The Kier molecular flexibility index (Phi) is 7.00. The van der Waals surface area contributed by atoms with E-state index in [0.29, 0.717) is 27.2 Å². The second-order valence-electron chi connectivity index (χ2n) is 7.52. The summed E-state index contributed by atoms with van der Waals surface area (Å²) < 4.78 is 41.8. The van der Waals surface area contributed by atoms with Crippen molar-refractivity contribution in [2.45, 2.75) is 18.3 Å². The Labute approximate surface area is 203 Å². The van der Waals surface area contributed by atoms with Crippen LogP contribution in [0, 0.1) is 6.92 Å². The van der Waals surface area contributed by atoms with Crippen LogP contribution in [0.1, 0.15) is 11.1 Å². The number of nitrogens with zero attached hydrogens (tertiary/aromatic N) is 2. The van der Waals surface area contributed by atoms with Gasteiger partial charge in [0.15, 0.2) is 5.16 Å². The minimum Gasteiger partial charge on any atom is -0.325 e. The number of carbonyl (C=O) groups excluding carboxylic acids is 1. The van der Waals surface area contributed by atoms with Gasteiger partial charge >= 0.3 is 6.18 Å². The number of imidazole rings is 1. The molecule has 9 heteroatoms. The van der Waals surface area contributed by atoms with Crippen LogP contribution in [0.3, 0.4) is 0 Å². The van der Waals surface area contributed by atoms with Crippen LogP contribution in [0.15, 0.2) is 84.1 Å². The van der Waals surface area contributed by atoms with Crippen LogP contribution < -0.4 is 5.32 Å². The second-order valence-corrected chi connectivity index (χ2v) is 8.90. The van der Waals surface area contributed by atoms with Gasteiger partial charge in [0.25, 0.3) is 0 Å². The van der Waals surface area contributed by atoms with Crippen molar-refractivity contribution in [2.75, 3.05) is 11.1 Å². The SMILES string of the molecule is Cc1ccc(-c2cnc(SCC(=O)Nc3cccc(Cl)c3)n2-c2cccc(C(F)(F)F)c2)cc1. The first-order valence-corrected chi connectivity index (χ1v) is 11.6. The lowest BCUT2D eigenvalue weighted by Crippen LogP contribution is -2.14. The molecular weight excluding hydrogens is 483 g/mol. The summed E-state index contributed by atoms with van der Waals surface area (Å²) in [7, 11) is 0. The van der Waals surface area contributed by atoms with E-state index in [1.165, 1.54) is 6.07 Å². The summed E-state index contributed by atoms with van der Waals surface area (Å²) in [6.07, 6.45) is -2.88. The van der Waals surface area contributed by atoms with Crippen LogP contribution in [0.2, 0.25) is 5.02 Å². The number of anilines is 1. The van der Waals surface area contributed by atoms with Gasteiger partial charge in [-0.1, -0.05) is 65.3 Å². The number of thioether (sulfide) groups is 1. The first kappa shape index (κ1) is 23.9. The molecule has 0 fully saturated rings. The predicted octanol–water partition coefficient (Wildman–Crippen LogP) is 7.25. The molecule has 1 aromatic heterocycles. The van der Waals surface area contributed by atoms with Gasteiger partial charge in [-0.15, -0.1) is 0 Å². The average Bonchev–Trinajstić information content (AvgIpc) is 3.22. The van der Waals surface area contributed by atoms with E-state index in [-0.39, 0.29) is 11.7 Å². The number of amides is 1. The van der Waals surface area contributed by atoms with E-state index < -0.39 is 11.7 Å². The number of nitrogens with one attached hydrogen (secondary N) is 1. The fraction of sp³-hybridized carbons (Fsp3) is 0.120. The quantitative estimate of drug-likeness (QED) is 0.283. The number of hydrogen-bond donors (Lipinski definition) is 1. The van der Waals surface area contributed by atoms with Gasteiger partial charge < -0.3 is 5.32 Å². The maximum Gasteiger partial charge on any atom is 0.416 e. The molecule has 0 saturated heterocycles. The van der Waals surface area contributed by atoms with E-state index in [4.69, 9.17) is 11.6 Å². The van der Waals surface area contributed by atoms with E-state index >= 15 is 0 Å². The highest BCUT2D eigenvalue weighted by atomic mass is 35.5. The van der Waals surface area contributed by atoms with E-state index in [1.54, 1.807) is 41.1 Å². The van der Waals surface area contributed by atoms with Crippen molar-refractivity contribution in [3.63, 3.8) is 0 Å². The molecule has 0 spiro atoms. The molecule has 174 valence electrons. The predicted molar refractivity (Wildman–Crippen MR) is 130 cm³/mol. The summed E-state index contributed by atoms with van der Waals surface area (Å²) in [6, 6.07) is 19.4. The molecule has 0 bridgehead atoms. The minimum absolute atomic E-state index is 0.00975. The van der Waals surface area contributed by atoms with Crippen molar-refractivity contribution in [2.24, 2.45) is 0 Å². The number of rotatable bonds is 6. The van der Waals surface area contributed by atoms with Crippen LogP contribution in [-0.2, 0) is 11.0 Å². The van der Waals surface area contributed by atoms with Gasteiger partial charge in [-0.3, -0.25) is 9.36 Å². The lowest BCUT2D eigenvalue weighted by atomic mass is 10.1. The zero-order valence-corrected chi connectivity index (χ0v) is 19.5. The highest BCUT2D eigenvalue weighted by molar-refractivity contribution is 7.99. The molecule has 0 aliphatic carbocycles. The molecule has 34 heavy (non-hydrogen) atoms. The minimum atomic E-state index is -4.48. The fourth-order valence-electron chi connectivity index (χ4n) is 3.33. The second kappa shape index (κ2) is 9.95. The Morgan fingerprint density at radius 3 is 2.50 bits per heavy atom. The van der Waals surface area contributed by atoms with Crippen LogP contribution in [-0.4, -0.2) is 21.2 Å². The Hall–Kier alpha value is -3.23. The van der Waals surface area contributed by atoms with Crippen LogP contribution in [0.5, 0.6) is 0 Å². The van der Waals surface area contributed by atoms with E-state index in [0.717, 1.165) is 35.0 Å². The lowest BCUT2D eigenvalue weighted by molar-refractivity contribution is -0.137. The number of aryl methyl sites for hydroxylation is 1. The third-order valence-corrected chi connectivity index (χ3v) is 6.14. The summed E-state index contributed by atoms with van der Waals surface area (Å²) in [4.78, 5) is 16.9. The zero-order valence-electron chi connectivity index (χ0n) is 17.9. The lowest BCUT2D eigenvalue weighted by Gasteiger charge is -2.14. The first-order valence-electron chi connectivity index (χ1n) is 10.2. The summed E-state index contributed by atoms with van der Waals surface area (Å²) in [5.74, 6) is -0.279. The van der Waals surface area contributed by atoms with Gasteiger partial charge in [-0.2, -0.15) is 13.2 Å². The number of halogens is 4. The number of benzene rings is 3. The Bertz CT molecular complexity index is 1320. The Balaban J connectivity index is 1.66. The number of carbonyl (C=O) groups is 1. The van der Waals surface area contributed by atoms with Crippen molar-refractivity contribution in [1.29, 1.82) is 0 Å². The molecule has 3 aromatic carbocycles. The van der Waals surface area contributed by atoms with Crippen LogP contribution in [0.4, 0.5) is 18.9 Å². The van der Waals surface area contributed by atoms with Crippen LogP contribution in [0.25, 0.3) is 16.9 Å². The fourth-order valence-corrected chi connectivity index (χ4v) is 4.31. The van der Waals surface area contributed by atoms with Crippen molar-refractivity contribution < 1.29 is 18.0 Å². The normalized spacial score (nSPS) is 11.4. The molecule has 0 atom stereocenters. The molecule has 0 aliphatic heterocycles. The number of alkyl halides is 3. The third kappa shape index (κ3) is 5.63. The molecule has 0 radical (unpaired) electrons. The van der Waals surface area contributed by atoms with Gasteiger partial charge in [0.2, 0.25) is 5.91 Å². The molecule has 4 aromatic rings. The van der Waals surface area contributed by atoms with Crippen LogP contribution >= 0.6 is 23.4 Å². The highest BCUT2D eigenvalue weighted by Crippen LogP contribution is 2.34. The monoisotopic (exact) mass is 501 g/mol. The van der Waals surface area contributed by atoms with Crippen molar-refractivity contribution >= 4 is 35.0 Å². The van der Waals surface area contributed by atoms with Gasteiger partial charge in [0, 0.05) is 22.0 Å². The summed E-state index contributed by atoms with van der Waals surface area (Å²) in [5.41, 5.74) is 2.58. The number of hydrogen-bond acceptors (Lipinski definition) is 3. The molecule has 4 nitrogen and oxygen atoms in total. The van der Waals surface area contributed by atoms with E-state index in [1.807, 2.05) is 31.2 Å². The largest absolute Gasteiger partial charge is 0.416 e. The van der Waals surface area contributed by atoms with Crippen molar-refractivity contribution in [3.8, 4) is 16.9 Å². The van der Waals surface area contributed by atoms with Gasteiger partial charge in [-0.25, -0.2) is 4.98 Å². The van der Waals surface area contributed by atoms with Gasteiger partial charge in [0.1, 0.15) is 0 Å². The van der Waals surface area contributed by atoms with E-state index in [2.05, 4.69) is 10.3 Å². The molecular formula is C25H19ClF3N3OS. The summed E-state index contributed by atoms with van der Waals surface area (Å²) >= 11 is 7.09. The first-order chi connectivity index (χ1) is 16.2. The third-order valence-electron chi connectivity index (χ3n) is 4.95. The van der Waals surface area contributed by atoms with Crippen molar-refractivity contribution in [3.05, 3.63) is 95.1 Å². The number of aromatic nitrogens is 2. The molecule has 0 saturated carbocycles. The maximum atomic E-state index is 13.4. The molecule has 0 aliphatic rings. The van der Waals surface area contributed by atoms with Crippen molar-refractivity contribution in [1.82, 2.24) is 9.55 Å². The molecule has 1 heterocycles. The molecule has 1 N–H and O–H groups in total. The van der Waals surface area contributed by atoms with Gasteiger partial charge in [0.05, 0.1) is 23.2 Å². The smallest absolute Gasteiger partial charge is 0.325 e. The maximum absolute atomic E-state index is 13.4. The Morgan fingerprint density at radius 2 is 1.79 bits per heavy atom. The standard InChI is InChI=1S/C25H19ClF3N3OS/c1-16-8-10-17(11-9-16)22-14-30-24(32(22)21-7-2-4-18(12-21)25(27,28)29)34-15-23(33)31-20-6-3-5-19(26)13-20/h2-14H,15H2,1H3,(H,31,33). The molecule has 1 amide bonds. The topological polar surface area (TPSA) is 46.9 Å². The average molecular weight is 502 g/mol. The molecule has 4 rings (SSSR count). The molecule has 0 unspecified atom stereocenters. The Morgan fingerprint density at radius 1 is 1.06 bits per heavy atom. The summed E-state index contributed by atoms with van der Waals surface area (Å²) in [6.45, 7) is 1.95.